The van der Waals surface area contributed by atoms with E-state index < -0.39 is 0 Å². The second-order valence-corrected chi connectivity index (χ2v) is 5.30. The first-order valence-corrected chi connectivity index (χ1v) is 7.02. The molecule has 112 valence electrons. The van der Waals surface area contributed by atoms with Gasteiger partial charge in [-0.25, -0.2) is 4.98 Å². The summed E-state index contributed by atoms with van der Waals surface area (Å²) in [7, 11) is 1.77. The van der Waals surface area contributed by atoms with Crippen molar-refractivity contribution >= 4 is 22.6 Å². The number of aryl methyl sites for hydroxylation is 1. The summed E-state index contributed by atoms with van der Waals surface area (Å²) in [5, 5.41) is 19.4. The Hall–Kier alpha value is -2.81. The molecule has 6 heteroatoms. The van der Waals surface area contributed by atoms with Crippen LogP contribution in [-0.4, -0.2) is 27.2 Å². The lowest BCUT2D eigenvalue weighted by Gasteiger charge is -2.06. The van der Waals surface area contributed by atoms with E-state index in [-0.39, 0.29) is 29.8 Å². The third-order valence-electron chi connectivity index (χ3n) is 3.67. The molecular formula is C16H15N3O3. The number of allylic oxidation sites excluding steroid dienone is 1. The largest absolute Gasteiger partial charge is 0.507 e. The first-order valence-electron chi connectivity index (χ1n) is 7.02. The third kappa shape index (κ3) is 2.53. The highest BCUT2D eigenvalue weighted by atomic mass is 16.5. The van der Waals surface area contributed by atoms with Crippen molar-refractivity contribution in [2.45, 2.75) is 12.8 Å². The highest BCUT2D eigenvalue weighted by Gasteiger charge is 2.31. The van der Waals surface area contributed by atoms with Crippen molar-refractivity contribution in [3.8, 4) is 6.07 Å². The normalized spacial score (nSPS) is 15.3. The van der Waals surface area contributed by atoms with Crippen molar-refractivity contribution < 1.29 is 14.6 Å². The number of esters is 1. The first kappa shape index (κ1) is 14.1. The lowest BCUT2D eigenvalue weighted by molar-refractivity contribution is -0.144. The van der Waals surface area contributed by atoms with E-state index in [0.717, 1.165) is 23.9 Å². The number of aliphatic hydroxyl groups excluding tert-OH is 1. The molecular weight excluding hydrogens is 282 g/mol. The molecule has 3 rings (SSSR count). The molecule has 0 saturated heterocycles. The minimum Gasteiger partial charge on any atom is -0.507 e. The van der Waals surface area contributed by atoms with Gasteiger partial charge in [-0.15, -0.1) is 0 Å². The van der Waals surface area contributed by atoms with Gasteiger partial charge in [-0.2, -0.15) is 5.26 Å². The fourth-order valence-electron chi connectivity index (χ4n) is 2.26. The average molecular weight is 297 g/mol. The number of carbonyl (C=O) groups excluding carboxylic acids is 1. The Labute approximate surface area is 127 Å². The molecule has 1 aliphatic rings. The molecule has 1 aliphatic carbocycles. The molecule has 0 spiro atoms. The maximum absolute atomic E-state index is 11.5. The summed E-state index contributed by atoms with van der Waals surface area (Å²) in [6, 6.07) is 9.38. The van der Waals surface area contributed by atoms with E-state index in [9.17, 15) is 15.2 Å². The second kappa shape index (κ2) is 5.53. The van der Waals surface area contributed by atoms with Crippen LogP contribution in [-0.2, 0) is 16.6 Å². The van der Waals surface area contributed by atoms with Gasteiger partial charge in [-0.1, -0.05) is 12.1 Å². The fraction of sp³-hybridized carbons (Fsp3) is 0.312. The maximum Gasteiger partial charge on any atom is 0.309 e. The summed E-state index contributed by atoms with van der Waals surface area (Å²) < 4.78 is 6.74. The number of aromatic nitrogens is 2. The van der Waals surface area contributed by atoms with Gasteiger partial charge in [0.25, 0.3) is 0 Å². The summed E-state index contributed by atoms with van der Waals surface area (Å²) in [6.07, 6.45) is 1.67. The van der Waals surface area contributed by atoms with E-state index in [1.807, 2.05) is 30.3 Å². The van der Waals surface area contributed by atoms with Crippen molar-refractivity contribution in [3.63, 3.8) is 0 Å². The van der Waals surface area contributed by atoms with Crippen LogP contribution in [0.5, 0.6) is 0 Å². The number of imidazole rings is 1. The van der Waals surface area contributed by atoms with E-state index >= 15 is 0 Å². The van der Waals surface area contributed by atoms with Gasteiger partial charge in [-0.3, -0.25) is 4.79 Å². The molecule has 0 unspecified atom stereocenters. The van der Waals surface area contributed by atoms with Crippen LogP contribution >= 0.6 is 0 Å². The topological polar surface area (TPSA) is 88.1 Å². The van der Waals surface area contributed by atoms with Crippen LogP contribution in [0.15, 0.2) is 30.0 Å². The van der Waals surface area contributed by atoms with Gasteiger partial charge in [-0.05, 0) is 25.0 Å². The summed E-state index contributed by atoms with van der Waals surface area (Å²) in [4.78, 5) is 15.9. The van der Waals surface area contributed by atoms with Crippen LogP contribution in [0.4, 0.5) is 0 Å². The number of rotatable bonds is 4. The standard InChI is InChI=1S/C16H15N3O3/c1-19-13-5-3-2-4-12(13)18-15(19)11(8-17)14(20)9-22-16(21)10-6-7-10/h2-5,10,20H,6-7,9H2,1H3/b14-11-. The number of carbonyl (C=O) groups is 1. The van der Waals surface area contributed by atoms with Crippen molar-refractivity contribution in [1.29, 1.82) is 5.26 Å². The molecule has 0 bridgehead atoms. The second-order valence-electron chi connectivity index (χ2n) is 5.30. The van der Waals surface area contributed by atoms with Crippen LogP contribution in [0, 0.1) is 17.2 Å². The predicted octanol–water partition coefficient (Wildman–Crippen LogP) is 2.32. The average Bonchev–Trinajstić information content (AvgIpc) is 3.32. The van der Waals surface area contributed by atoms with E-state index in [4.69, 9.17) is 4.74 Å². The van der Waals surface area contributed by atoms with Crippen molar-refractivity contribution in [2.24, 2.45) is 13.0 Å². The van der Waals surface area contributed by atoms with E-state index in [2.05, 4.69) is 4.98 Å². The number of hydrogen-bond acceptors (Lipinski definition) is 5. The Morgan fingerprint density at radius 1 is 1.50 bits per heavy atom. The number of nitriles is 1. The van der Waals surface area contributed by atoms with E-state index in [0.29, 0.717) is 5.82 Å². The van der Waals surface area contributed by atoms with Crippen LogP contribution in [0.1, 0.15) is 18.7 Å². The Balaban J connectivity index is 1.90. The van der Waals surface area contributed by atoms with Crippen molar-refractivity contribution in [2.75, 3.05) is 6.61 Å². The number of fused-ring (bicyclic) bond motifs is 1. The number of para-hydroxylation sites is 2. The van der Waals surface area contributed by atoms with E-state index in [1.165, 1.54) is 0 Å². The van der Waals surface area contributed by atoms with Gasteiger partial charge >= 0.3 is 5.97 Å². The van der Waals surface area contributed by atoms with Crippen LogP contribution in [0.2, 0.25) is 0 Å². The zero-order valence-electron chi connectivity index (χ0n) is 12.1. The summed E-state index contributed by atoms with van der Waals surface area (Å²) >= 11 is 0. The molecule has 0 aliphatic heterocycles. The van der Waals surface area contributed by atoms with Crippen LogP contribution in [0.3, 0.4) is 0 Å². The Morgan fingerprint density at radius 3 is 2.86 bits per heavy atom. The molecule has 1 saturated carbocycles. The lowest BCUT2D eigenvalue weighted by Crippen LogP contribution is -2.11. The zero-order chi connectivity index (χ0) is 15.7. The number of ether oxygens (including phenoxy) is 1. The maximum atomic E-state index is 11.5. The molecule has 0 atom stereocenters. The molecule has 1 N–H and O–H groups in total. The molecule has 1 aromatic carbocycles. The quantitative estimate of drug-likeness (QED) is 0.531. The minimum atomic E-state index is -0.325. The SMILES string of the molecule is Cn1c(/C(C#N)=C(\O)COC(=O)C2CC2)nc2ccccc21. The molecule has 1 heterocycles. The van der Waals surface area contributed by atoms with Crippen LogP contribution < -0.4 is 0 Å². The molecule has 0 amide bonds. The third-order valence-corrected chi connectivity index (χ3v) is 3.67. The molecule has 1 fully saturated rings. The Bertz CT molecular complexity index is 810. The molecule has 2 aromatic rings. The number of nitrogens with zero attached hydrogens (tertiary/aromatic N) is 3. The number of hydrogen-bond donors (Lipinski definition) is 1. The van der Waals surface area contributed by atoms with Crippen molar-refractivity contribution in [1.82, 2.24) is 9.55 Å². The lowest BCUT2D eigenvalue weighted by atomic mass is 10.2. The van der Waals surface area contributed by atoms with E-state index in [1.54, 1.807) is 11.6 Å². The monoisotopic (exact) mass is 297 g/mol. The summed E-state index contributed by atoms with van der Waals surface area (Å²) in [5.41, 5.74) is 1.60. The van der Waals surface area contributed by atoms with Gasteiger partial charge in [0.05, 0.1) is 17.0 Å². The fourth-order valence-corrected chi connectivity index (χ4v) is 2.26. The van der Waals surface area contributed by atoms with Gasteiger partial charge in [0.15, 0.2) is 11.6 Å². The molecule has 22 heavy (non-hydrogen) atoms. The molecule has 6 nitrogen and oxygen atoms in total. The molecule has 0 radical (unpaired) electrons. The Morgan fingerprint density at radius 2 is 2.23 bits per heavy atom. The van der Waals surface area contributed by atoms with Gasteiger partial charge in [0, 0.05) is 7.05 Å². The summed E-state index contributed by atoms with van der Waals surface area (Å²) in [6.45, 7) is -0.304. The number of aliphatic hydroxyl groups is 1. The highest BCUT2D eigenvalue weighted by Crippen LogP contribution is 2.30. The van der Waals surface area contributed by atoms with Crippen molar-refractivity contribution in [3.05, 3.63) is 35.8 Å². The van der Waals surface area contributed by atoms with Crippen LogP contribution in [0.25, 0.3) is 16.6 Å². The minimum absolute atomic E-state index is 0.0160. The summed E-state index contributed by atoms with van der Waals surface area (Å²) in [5.74, 6) is -0.304. The van der Waals surface area contributed by atoms with Gasteiger partial charge in [0.2, 0.25) is 0 Å². The van der Waals surface area contributed by atoms with Gasteiger partial charge < -0.3 is 14.4 Å². The van der Waals surface area contributed by atoms with Gasteiger partial charge in [0.1, 0.15) is 18.2 Å². The predicted molar refractivity (Wildman–Crippen MR) is 79.6 cm³/mol. The Kier molecular flexibility index (Phi) is 3.55. The first-order chi connectivity index (χ1) is 10.6. The molecule has 1 aromatic heterocycles. The highest BCUT2D eigenvalue weighted by molar-refractivity contribution is 5.84. The zero-order valence-corrected chi connectivity index (χ0v) is 12.1. The number of benzene rings is 1. The smallest absolute Gasteiger partial charge is 0.309 e.